The van der Waals surface area contributed by atoms with Gasteiger partial charge in [-0.05, 0) is 24.7 Å². The van der Waals surface area contributed by atoms with E-state index in [9.17, 15) is 48.3 Å². The van der Waals surface area contributed by atoms with Crippen LogP contribution >= 0.6 is 0 Å². The largest absolute Gasteiger partial charge is 0.453 e. The van der Waals surface area contributed by atoms with E-state index < -0.39 is 77.5 Å². The summed E-state index contributed by atoms with van der Waals surface area (Å²) in [7, 11) is 0. The maximum absolute atomic E-state index is 15.7. The van der Waals surface area contributed by atoms with Gasteiger partial charge in [0.15, 0.2) is 5.41 Å². The first kappa shape index (κ1) is 20.2. The van der Waals surface area contributed by atoms with Crippen molar-refractivity contribution < 1.29 is 52.7 Å². The summed E-state index contributed by atoms with van der Waals surface area (Å²) in [6, 6.07) is 0. The van der Waals surface area contributed by atoms with Crippen LogP contribution in [0.4, 0.5) is 52.7 Å². The van der Waals surface area contributed by atoms with Gasteiger partial charge in [0.1, 0.15) is 5.67 Å². The molecule has 12 heteroatoms. The second kappa shape index (κ2) is 4.96. The molecule has 0 aromatic carbocycles. The maximum Gasteiger partial charge on any atom is 0.453 e. The van der Waals surface area contributed by atoms with Crippen LogP contribution in [-0.2, 0) is 0 Å². The summed E-state index contributed by atoms with van der Waals surface area (Å²) in [6.45, 7) is 0. The van der Waals surface area contributed by atoms with Crippen LogP contribution in [0.1, 0.15) is 12.8 Å². The lowest BCUT2D eigenvalue weighted by molar-refractivity contribution is -0.426. The Hall–Kier alpha value is -1.10. The number of rotatable bonds is 1. The number of alkyl halides is 12. The van der Waals surface area contributed by atoms with Crippen LogP contribution in [-0.4, -0.2) is 30.1 Å². The highest BCUT2D eigenvalue weighted by atomic mass is 19.4. The fourth-order valence-corrected chi connectivity index (χ4v) is 6.70. The van der Waals surface area contributed by atoms with Crippen LogP contribution in [0.3, 0.4) is 0 Å². The molecule has 7 unspecified atom stereocenters. The number of fused-ring (bicyclic) bond motifs is 9. The summed E-state index contributed by atoms with van der Waals surface area (Å²) < 4.78 is 166. The zero-order valence-electron chi connectivity index (χ0n) is 13.6. The van der Waals surface area contributed by atoms with Crippen molar-refractivity contribution in [1.29, 1.82) is 0 Å². The highest BCUT2D eigenvalue weighted by molar-refractivity contribution is 5.34. The van der Waals surface area contributed by atoms with Crippen LogP contribution in [0.15, 0.2) is 12.2 Å². The summed E-state index contributed by atoms with van der Waals surface area (Å²) >= 11 is 0. The lowest BCUT2D eigenvalue weighted by atomic mass is 9.53. The van der Waals surface area contributed by atoms with E-state index in [2.05, 4.69) is 0 Å². The Morgan fingerprint density at radius 3 is 1.75 bits per heavy atom. The van der Waals surface area contributed by atoms with E-state index in [1.54, 1.807) is 0 Å². The van der Waals surface area contributed by atoms with Gasteiger partial charge in [-0.1, -0.05) is 12.2 Å². The molecule has 4 bridgehead atoms. The Labute approximate surface area is 149 Å². The Balaban J connectivity index is 2.01. The molecule has 0 saturated heterocycles. The van der Waals surface area contributed by atoms with Gasteiger partial charge < -0.3 is 0 Å². The second-order valence-corrected chi connectivity index (χ2v) is 8.16. The molecule has 0 nitrogen and oxygen atoms in total. The van der Waals surface area contributed by atoms with Crippen LogP contribution in [0.2, 0.25) is 0 Å². The minimum atomic E-state index is -6.64. The van der Waals surface area contributed by atoms with E-state index >= 15 is 4.39 Å². The average Bonchev–Trinajstić information content (AvgIpc) is 3.18. The average molecular weight is 432 g/mol. The number of hydrogen-bond donors (Lipinski definition) is 0. The van der Waals surface area contributed by atoms with Gasteiger partial charge in [-0.15, -0.1) is 0 Å². The third-order valence-electron chi connectivity index (χ3n) is 7.34. The zero-order valence-corrected chi connectivity index (χ0v) is 13.6. The molecule has 3 saturated carbocycles. The summed E-state index contributed by atoms with van der Waals surface area (Å²) in [5.74, 6) is -19.9. The molecule has 7 atom stereocenters. The Morgan fingerprint density at radius 2 is 1.29 bits per heavy atom. The predicted octanol–water partition coefficient (Wildman–Crippen LogP) is 6.09. The summed E-state index contributed by atoms with van der Waals surface area (Å²) in [4.78, 5) is 0. The Kier molecular flexibility index (Phi) is 3.58. The first-order valence-corrected chi connectivity index (χ1v) is 8.38. The molecule has 0 N–H and O–H groups in total. The van der Waals surface area contributed by atoms with Gasteiger partial charge in [-0.3, -0.25) is 0 Å². The minimum absolute atomic E-state index is 0.190. The Bertz CT molecular complexity index is 699. The summed E-state index contributed by atoms with van der Waals surface area (Å²) in [5, 5.41) is 0. The van der Waals surface area contributed by atoms with Crippen molar-refractivity contribution in [3.8, 4) is 0 Å². The van der Waals surface area contributed by atoms with E-state index in [-0.39, 0.29) is 6.42 Å². The number of hydrogen-bond acceptors (Lipinski definition) is 0. The van der Waals surface area contributed by atoms with Gasteiger partial charge in [0, 0.05) is 17.8 Å². The first-order valence-electron chi connectivity index (χ1n) is 8.38. The zero-order chi connectivity index (χ0) is 21.3. The van der Waals surface area contributed by atoms with Gasteiger partial charge in [0.05, 0.1) is 5.92 Å². The highest BCUT2D eigenvalue weighted by Gasteiger charge is 2.94. The van der Waals surface area contributed by atoms with Crippen molar-refractivity contribution in [3.05, 3.63) is 12.2 Å². The van der Waals surface area contributed by atoms with Crippen molar-refractivity contribution >= 4 is 0 Å². The quantitative estimate of drug-likeness (QED) is 0.267. The third-order valence-corrected chi connectivity index (χ3v) is 7.34. The first-order chi connectivity index (χ1) is 12.4. The maximum atomic E-state index is 15.7. The monoisotopic (exact) mass is 432 g/mol. The topological polar surface area (TPSA) is 0 Å². The predicted molar refractivity (Wildman–Crippen MR) is 68.7 cm³/mol. The highest BCUT2D eigenvalue weighted by Crippen LogP contribution is 2.83. The lowest BCUT2D eigenvalue weighted by Crippen LogP contribution is -2.70. The van der Waals surface area contributed by atoms with Crippen molar-refractivity contribution in [2.24, 2.45) is 40.9 Å². The lowest BCUT2D eigenvalue weighted by Gasteiger charge is -2.55. The van der Waals surface area contributed by atoms with Crippen molar-refractivity contribution in [1.82, 2.24) is 0 Å². The van der Waals surface area contributed by atoms with Gasteiger partial charge >= 0.3 is 24.5 Å². The number of halogens is 12. The molecular weight excluding hydrogens is 420 g/mol. The fraction of sp³-hybridized carbons (Fsp3) is 0.875. The molecule has 4 aliphatic rings. The van der Waals surface area contributed by atoms with Crippen LogP contribution < -0.4 is 0 Å². The van der Waals surface area contributed by atoms with Gasteiger partial charge in [-0.25, -0.2) is 4.39 Å². The number of allylic oxidation sites excluding steroid dienone is 2. The molecule has 0 aromatic rings. The van der Waals surface area contributed by atoms with Gasteiger partial charge in [-0.2, -0.15) is 48.3 Å². The molecule has 28 heavy (non-hydrogen) atoms. The molecule has 0 radical (unpaired) electrons. The molecule has 0 amide bonds. The summed E-state index contributed by atoms with van der Waals surface area (Å²) in [5.41, 5.74) is -8.60. The molecular formula is C16H12F12. The fourth-order valence-electron chi connectivity index (χ4n) is 6.70. The normalized spacial score (nSPS) is 44.4. The van der Waals surface area contributed by atoms with Gasteiger partial charge in [0.25, 0.3) is 0 Å². The standard InChI is InChI=1S/C16H12F12/c17-11-6-2-1-5(3-6)9(11)7-4-8(11)12(14(20,21)22,15(23,24)25)10(7)13(18,19)16(26,27)28/h1-2,5-10H,3-4H2. The second-order valence-electron chi connectivity index (χ2n) is 8.16. The van der Waals surface area contributed by atoms with Crippen molar-refractivity contribution in [2.75, 3.05) is 0 Å². The minimum Gasteiger partial charge on any atom is -0.243 e. The molecule has 3 fully saturated rings. The molecule has 0 aliphatic heterocycles. The van der Waals surface area contributed by atoms with E-state index in [0.29, 0.717) is 0 Å². The smallest absolute Gasteiger partial charge is 0.243 e. The van der Waals surface area contributed by atoms with Gasteiger partial charge in [0.2, 0.25) is 0 Å². The molecule has 0 heterocycles. The third kappa shape index (κ3) is 1.88. The van der Waals surface area contributed by atoms with Crippen molar-refractivity contribution in [2.45, 2.75) is 43.0 Å². The van der Waals surface area contributed by atoms with E-state index in [1.165, 1.54) is 6.08 Å². The van der Waals surface area contributed by atoms with Crippen LogP contribution in [0.5, 0.6) is 0 Å². The SMILES string of the molecule is FC12C3C=CC(C3)C1C1CC2C(C(F)(F)F)(C(F)(F)F)C1C(F)(F)C(F)(F)F. The summed E-state index contributed by atoms with van der Waals surface area (Å²) in [6.07, 6.45) is -18.8. The van der Waals surface area contributed by atoms with E-state index in [4.69, 9.17) is 0 Å². The van der Waals surface area contributed by atoms with E-state index in [0.717, 1.165) is 6.08 Å². The molecule has 160 valence electrons. The van der Waals surface area contributed by atoms with Crippen LogP contribution in [0.25, 0.3) is 0 Å². The molecule has 0 aromatic heterocycles. The molecule has 0 spiro atoms. The van der Waals surface area contributed by atoms with E-state index in [1.807, 2.05) is 0 Å². The Morgan fingerprint density at radius 1 is 0.750 bits per heavy atom. The molecule has 4 aliphatic carbocycles. The van der Waals surface area contributed by atoms with Crippen molar-refractivity contribution in [3.63, 3.8) is 0 Å². The van der Waals surface area contributed by atoms with Crippen LogP contribution in [0, 0.1) is 40.9 Å². The molecule has 4 rings (SSSR count).